The third kappa shape index (κ3) is 5.18. The Morgan fingerprint density at radius 2 is 1.79 bits per heavy atom. The van der Waals surface area contributed by atoms with Crippen LogP contribution < -0.4 is 10.9 Å². The quantitative estimate of drug-likeness (QED) is 0.618. The Balaban J connectivity index is 4.08. The molecule has 0 aliphatic carbocycles. The highest BCUT2D eigenvalue weighted by Gasteiger charge is 2.18. The van der Waals surface area contributed by atoms with Crippen LogP contribution in [0.2, 0.25) is 0 Å². The van der Waals surface area contributed by atoms with Gasteiger partial charge in [-0.1, -0.05) is 0 Å². The van der Waals surface area contributed by atoms with Crippen LogP contribution in [0.15, 0.2) is 0 Å². The SMILES string of the molecule is CC(C)NNC(CC#N)C(C)N(C)C. The van der Waals surface area contributed by atoms with Gasteiger partial charge in [0.1, 0.15) is 0 Å². The van der Waals surface area contributed by atoms with E-state index in [0.717, 1.165) is 0 Å². The summed E-state index contributed by atoms with van der Waals surface area (Å²) < 4.78 is 0. The van der Waals surface area contributed by atoms with Crippen molar-refractivity contribution in [3.63, 3.8) is 0 Å². The highest BCUT2D eigenvalue weighted by atomic mass is 15.4. The van der Waals surface area contributed by atoms with E-state index in [1.54, 1.807) is 0 Å². The van der Waals surface area contributed by atoms with Gasteiger partial charge < -0.3 is 4.90 Å². The average molecular weight is 198 g/mol. The van der Waals surface area contributed by atoms with E-state index in [1.807, 2.05) is 14.1 Å². The van der Waals surface area contributed by atoms with Crippen molar-refractivity contribution in [3.05, 3.63) is 0 Å². The Morgan fingerprint density at radius 3 is 2.14 bits per heavy atom. The molecule has 0 saturated heterocycles. The lowest BCUT2D eigenvalue weighted by Crippen LogP contribution is -2.52. The van der Waals surface area contributed by atoms with Gasteiger partial charge in [-0.25, -0.2) is 0 Å². The number of hydrogen-bond donors (Lipinski definition) is 2. The van der Waals surface area contributed by atoms with E-state index in [-0.39, 0.29) is 6.04 Å². The molecule has 2 atom stereocenters. The zero-order valence-corrected chi connectivity index (χ0v) is 9.83. The lowest BCUT2D eigenvalue weighted by molar-refractivity contribution is 0.225. The lowest BCUT2D eigenvalue weighted by Gasteiger charge is -2.29. The first-order chi connectivity index (χ1) is 6.49. The summed E-state index contributed by atoms with van der Waals surface area (Å²) in [5.74, 6) is 0. The van der Waals surface area contributed by atoms with E-state index in [0.29, 0.717) is 18.5 Å². The monoisotopic (exact) mass is 198 g/mol. The molecule has 0 saturated carbocycles. The number of hydrogen-bond acceptors (Lipinski definition) is 4. The molecular weight excluding hydrogens is 176 g/mol. The second-order valence-corrected chi connectivity index (χ2v) is 4.12. The summed E-state index contributed by atoms with van der Waals surface area (Å²) in [4.78, 5) is 2.11. The zero-order chi connectivity index (χ0) is 11.1. The molecule has 4 nitrogen and oxygen atoms in total. The number of rotatable bonds is 6. The molecule has 14 heavy (non-hydrogen) atoms. The van der Waals surface area contributed by atoms with E-state index >= 15 is 0 Å². The highest BCUT2D eigenvalue weighted by Crippen LogP contribution is 2.02. The standard InChI is InChI=1S/C10H22N4/c1-8(2)12-13-10(6-7-11)9(3)14(4)5/h8-10,12-13H,6H2,1-5H3. The molecule has 0 radical (unpaired) electrons. The Kier molecular flexibility index (Phi) is 6.46. The maximum absolute atomic E-state index is 8.70. The van der Waals surface area contributed by atoms with Crippen molar-refractivity contribution in [1.29, 1.82) is 5.26 Å². The fraction of sp³-hybridized carbons (Fsp3) is 0.900. The largest absolute Gasteiger partial charge is 0.305 e. The van der Waals surface area contributed by atoms with Gasteiger partial charge in [0.25, 0.3) is 0 Å². The van der Waals surface area contributed by atoms with E-state index in [1.165, 1.54) is 0 Å². The normalized spacial score (nSPS) is 15.6. The van der Waals surface area contributed by atoms with Crippen LogP contribution in [0.5, 0.6) is 0 Å². The molecule has 0 amide bonds. The molecule has 2 unspecified atom stereocenters. The number of hydrazine groups is 1. The van der Waals surface area contributed by atoms with Gasteiger partial charge in [-0.2, -0.15) is 5.26 Å². The average Bonchev–Trinajstić information content (AvgIpc) is 2.10. The first-order valence-electron chi connectivity index (χ1n) is 5.03. The molecule has 0 aliphatic rings. The van der Waals surface area contributed by atoms with Gasteiger partial charge in [0.15, 0.2) is 0 Å². The van der Waals surface area contributed by atoms with E-state index in [2.05, 4.69) is 42.6 Å². The molecule has 0 rings (SSSR count). The van der Waals surface area contributed by atoms with Gasteiger partial charge >= 0.3 is 0 Å². The third-order valence-corrected chi connectivity index (χ3v) is 2.27. The maximum Gasteiger partial charge on any atom is 0.0639 e. The van der Waals surface area contributed by atoms with Crippen molar-refractivity contribution in [2.75, 3.05) is 14.1 Å². The fourth-order valence-electron chi connectivity index (χ4n) is 1.07. The van der Waals surface area contributed by atoms with Crippen LogP contribution in [0.4, 0.5) is 0 Å². The van der Waals surface area contributed by atoms with E-state index in [4.69, 9.17) is 5.26 Å². The molecule has 0 heterocycles. The molecule has 2 N–H and O–H groups in total. The number of nitrogens with zero attached hydrogens (tertiary/aromatic N) is 2. The third-order valence-electron chi connectivity index (χ3n) is 2.27. The molecule has 0 aliphatic heterocycles. The van der Waals surface area contributed by atoms with Crippen molar-refractivity contribution >= 4 is 0 Å². The number of likely N-dealkylation sites (N-methyl/N-ethyl adjacent to an activating group) is 1. The molecular formula is C10H22N4. The molecule has 0 aromatic rings. The predicted molar refractivity (Wildman–Crippen MR) is 58.6 cm³/mol. The number of nitriles is 1. The lowest BCUT2D eigenvalue weighted by atomic mass is 10.1. The Bertz CT molecular complexity index is 183. The van der Waals surface area contributed by atoms with Crippen LogP contribution >= 0.6 is 0 Å². The minimum atomic E-state index is 0.164. The molecule has 0 bridgehead atoms. The first-order valence-corrected chi connectivity index (χ1v) is 5.03. The van der Waals surface area contributed by atoms with Crippen molar-refractivity contribution in [2.45, 2.75) is 45.3 Å². The van der Waals surface area contributed by atoms with Crippen molar-refractivity contribution in [2.24, 2.45) is 0 Å². The van der Waals surface area contributed by atoms with E-state index < -0.39 is 0 Å². The van der Waals surface area contributed by atoms with Gasteiger partial charge in [-0.3, -0.25) is 10.9 Å². The van der Waals surface area contributed by atoms with Gasteiger partial charge in [-0.05, 0) is 34.9 Å². The van der Waals surface area contributed by atoms with Gasteiger partial charge in [0.05, 0.1) is 12.5 Å². The molecule has 0 spiro atoms. The van der Waals surface area contributed by atoms with Crippen LogP contribution in [0.1, 0.15) is 27.2 Å². The summed E-state index contributed by atoms with van der Waals surface area (Å²) in [6, 6.07) is 3.08. The topological polar surface area (TPSA) is 51.1 Å². The summed E-state index contributed by atoms with van der Waals surface area (Å²) in [6.07, 6.45) is 0.513. The van der Waals surface area contributed by atoms with Crippen LogP contribution in [0.25, 0.3) is 0 Å². The summed E-state index contributed by atoms with van der Waals surface area (Å²) >= 11 is 0. The van der Waals surface area contributed by atoms with E-state index in [9.17, 15) is 0 Å². The van der Waals surface area contributed by atoms with Crippen LogP contribution in [0.3, 0.4) is 0 Å². The summed E-state index contributed by atoms with van der Waals surface area (Å²) in [6.45, 7) is 6.24. The van der Waals surface area contributed by atoms with Crippen molar-refractivity contribution in [1.82, 2.24) is 15.8 Å². The first kappa shape index (κ1) is 13.4. The summed E-state index contributed by atoms with van der Waals surface area (Å²) in [5.41, 5.74) is 6.33. The van der Waals surface area contributed by atoms with Crippen molar-refractivity contribution < 1.29 is 0 Å². The van der Waals surface area contributed by atoms with Gasteiger partial charge in [0, 0.05) is 18.1 Å². The predicted octanol–water partition coefficient (Wildman–Crippen LogP) is 0.721. The Labute approximate surface area is 87.2 Å². The van der Waals surface area contributed by atoms with Crippen LogP contribution in [-0.4, -0.2) is 37.1 Å². The number of nitrogens with one attached hydrogen (secondary N) is 2. The second-order valence-electron chi connectivity index (χ2n) is 4.12. The highest BCUT2D eigenvalue weighted by molar-refractivity contribution is 4.86. The molecule has 0 fully saturated rings. The van der Waals surface area contributed by atoms with Gasteiger partial charge in [-0.15, -0.1) is 0 Å². The minimum absolute atomic E-state index is 0.164. The second kappa shape index (κ2) is 6.77. The molecule has 0 aromatic carbocycles. The molecule has 82 valence electrons. The summed E-state index contributed by atoms with van der Waals surface area (Å²) in [5, 5.41) is 8.70. The summed E-state index contributed by atoms with van der Waals surface area (Å²) in [7, 11) is 4.04. The smallest absolute Gasteiger partial charge is 0.0639 e. The maximum atomic E-state index is 8.70. The molecule has 4 heteroatoms. The minimum Gasteiger partial charge on any atom is -0.305 e. The Morgan fingerprint density at radius 1 is 1.21 bits per heavy atom. The fourth-order valence-corrected chi connectivity index (χ4v) is 1.07. The Hall–Kier alpha value is -0.630. The van der Waals surface area contributed by atoms with Crippen LogP contribution in [-0.2, 0) is 0 Å². The zero-order valence-electron chi connectivity index (χ0n) is 9.83. The van der Waals surface area contributed by atoms with Crippen molar-refractivity contribution in [3.8, 4) is 6.07 Å². The molecule has 0 aromatic heterocycles. The van der Waals surface area contributed by atoms with Gasteiger partial charge in [0.2, 0.25) is 0 Å². The van der Waals surface area contributed by atoms with Crippen LogP contribution in [0, 0.1) is 11.3 Å².